The van der Waals surface area contributed by atoms with Crippen LogP contribution < -0.4 is 5.32 Å². The number of fused-ring (bicyclic) bond motifs is 1. The summed E-state index contributed by atoms with van der Waals surface area (Å²) in [5.74, 6) is 1.23. The maximum Gasteiger partial charge on any atom is 0.124 e. The third kappa shape index (κ3) is 1.43. The van der Waals surface area contributed by atoms with E-state index in [0.29, 0.717) is 11.5 Å². The van der Waals surface area contributed by atoms with Crippen LogP contribution in [0, 0.1) is 5.41 Å². The van der Waals surface area contributed by atoms with E-state index in [1.807, 2.05) is 6.26 Å². The van der Waals surface area contributed by atoms with Gasteiger partial charge >= 0.3 is 0 Å². The maximum absolute atomic E-state index is 5.68. The predicted molar refractivity (Wildman–Crippen MR) is 59.7 cm³/mol. The van der Waals surface area contributed by atoms with Crippen LogP contribution in [0.5, 0.6) is 0 Å². The molecule has 1 unspecified atom stereocenters. The zero-order valence-corrected chi connectivity index (χ0v) is 9.38. The molecule has 1 aliphatic heterocycles. The van der Waals surface area contributed by atoms with Crippen LogP contribution in [0.25, 0.3) is 0 Å². The molecule has 0 bridgehead atoms. The van der Waals surface area contributed by atoms with Gasteiger partial charge in [0.15, 0.2) is 0 Å². The van der Waals surface area contributed by atoms with E-state index in [2.05, 4.69) is 18.3 Å². The summed E-state index contributed by atoms with van der Waals surface area (Å²) < 4.78 is 5.68. The van der Waals surface area contributed by atoms with E-state index >= 15 is 0 Å². The molecular formula is C13H19NO. The summed E-state index contributed by atoms with van der Waals surface area (Å²) in [6, 6.07) is 2.64. The molecule has 1 atom stereocenters. The lowest BCUT2D eigenvalue weighted by atomic mass is 9.86. The molecule has 1 saturated carbocycles. The molecule has 1 N–H and O–H groups in total. The summed E-state index contributed by atoms with van der Waals surface area (Å²) in [5.41, 5.74) is 1.96. The summed E-state index contributed by atoms with van der Waals surface area (Å²) in [7, 11) is 0. The Balaban J connectivity index is 1.89. The first kappa shape index (κ1) is 9.46. The van der Waals surface area contributed by atoms with Crippen LogP contribution in [-0.2, 0) is 6.42 Å². The smallest absolute Gasteiger partial charge is 0.124 e. The third-order valence-electron chi connectivity index (χ3n) is 4.04. The highest BCUT2D eigenvalue weighted by molar-refractivity contribution is 5.27. The molecule has 2 aliphatic rings. The Labute approximate surface area is 91.0 Å². The van der Waals surface area contributed by atoms with Gasteiger partial charge in [-0.3, -0.25) is 0 Å². The molecule has 3 rings (SSSR count). The van der Waals surface area contributed by atoms with E-state index < -0.39 is 0 Å². The van der Waals surface area contributed by atoms with Gasteiger partial charge in [0.25, 0.3) is 0 Å². The van der Waals surface area contributed by atoms with Crippen LogP contribution in [0.4, 0.5) is 0 Å². The van der Waals surface area contributed by atoms with Crippen LogP contribution in [0.2, 0.25) is 0 Å². The van der Waals surface area contributed by atoms with Crippen molar-refractivity contribution in [3.8, 4) is 0 Å². The molecule has 1 aromatic rings. The SMILES string of the molecule is CCCC1(C2NCCc3ccoc32)CC1. The van der Waals surface area contributed by atoms with Gasteiger partial charge in [-0.1, -0.05) is 13.3 Å². The monoisotopic (exact) mass is 205 g/mol. The minimum absolute atomic E-state index is 0.496. The Morgan fingerprint density at radius 2 is 2.40 bits per heavy atom. The van der Waals surface area contributed by atoms with E-state index in [-0.39, 0.29) is 0 Å². The third-order valence-corrected chi connectivity index (χ3v) is 4.04. The zero-order valence-electron chi connectivity index (χ0n) is 9.38. The first-order valence-electron chi connectivity index (χ1n) is 6.15. The molecule has 2 nitrogen and oxygen atoms in total. The minimum Gasteiger partial charge on any atom is -0.467 e. The van der Waals surface area contributed by atoms with Crippen molar-refractivity contribution < 1.29 is 4.42 Å². The highest BCUT2D eigenvalue weighted by atomic mass is 16.3. The van der Waals surface area contributed by atoms with Gasteiger partial charge in [0.05, 0.1) is 12.3 Å². The van der Waals surface area contributed by atoms with Crippen molar-refractivity contribution in [2.45, 2.75) is 45.1 Å². The second-order valence-corrected chi connectivity index (χ2v) is 5.06. The molecule has 1 aliphatic carbocycles. The molecule has 15 heavy (non-hydrogen) atoms. The average Bonchev–Trinajstić information content (AvgIpc) is 2.88. The Morgan fingerprint density at radius 1 is 1.53 bits per heavy atom. The second-order valence-electron chi connectivity index (χ2n) is 5.06. The first-order valence-corrected chi connectivity index (χ1v) is 6.15. The second kappa shape index (κ2) is 3.38. The standard InChI is InChI=1S/C13H19NO/c1-2-5-13(6-7-13)12-11-10(3-8-14-12)4-9-15-11/h4,9,12,14H,2-3,5-8H2,1H3. The van der Waals surface area contributed by atoms with Crippen molar-refractivity contribution >= 4 is 0 Å². The summed E-state index contributed by atoms with van der Waals surface area (Å²) in [5, 5.41) is 3.66. The molecule has 1 aromatic heterocycles. The van der Waals surface area contributed by atoms with Gasteiger partial charge in [0.2, 0.25) is 0 Å². The number of hydrogen-bond donors (Lipinski definition) is 1. The van der Waals surface area contributed by atoms with Gasteiger partial charge in [0, 0.05) is 6.54 Å². The van der Waals surface area contributed by atoms with Crippen molar-refractivity contribution in [1.82, 2.24) is 5.32 Å². The molecule has 82 valence electrons. The summed E-state index contributed by atoms with van der Waals surface area (Å²) in [4.78, 5) is 0. The van der Waals surface area contributed by atoms with Crippen LogP contribution in [-0.4, -0.2) is 6.54 Å². The van der Waals surface area contributed by atoms with Crippen LogP contribution >= 0.6 is 0 Å². The van der Waals surface area contributed by atoms with Gasteiger partial charge < -0.3 is 9.73 Å². The van der Waals surface area contributed by atoms with Crippen molar-refractivity contribution in [3.63, 3.8) is 0 Å². The van der Waals surface area contributed by atoms with Crippen LogP contribution in [0.1, 0.15) is 50.0 Å². The van der Waals surface area contributed by atoms with E-state index in [0.717, 1.165) is 13.0 Å². The number of nitrogens with one attached hydrogen (secondary N) is 1. The number of hydrogen-bond acceptors (Lipinski definition) is 2. The molecule has 0 aromatic carbocycles. The van der Waals surface area contributed by atoms with E-state index in [1.54, 1.807) is 0 Å². The Kier molecular flexibility index (Phi) is 2.13. The van der Waals surface area contributed by atoms with Crippen molar-refractivity contribution in [2.24, 2.45) is 5.41 Å². The highest BCUT2D eigenvalue weighted by Gasteiger charge is 2.51. The number of furan rings is 1. The van der Waals surface area contributed by atoms with Crippen molar-refractivity contribution in [2.75, 3.05) is 6.54 Å². The molecule has 0 amide bonds. The maximum atomic E-state index is 5.68. The molecule has 0 saturated heterocycles. The fourth-order valence-corrected chi connectivity index (χ4v) is 3.09. The number of rotatable bonds is 3. The minimum atomic E-state index is 0.496. The van der Waals surface area contributed by atoms with Gasteiger partial charge in [-0.25, -0.2) is 0 Å². The Bertz CT molecular complexity index is 351. The highest BCUT2D eigenvalue weighted by Crippen LogP contribution is 2.59. The van der Waals surface area contributed by atoms with Crippen LogP contribution in [0.15, 0.2) is 16.7 Å². The molecule has 0 radical (unpaired) electrons. The lowest BCUT2D eigenvalue weighted by Crippen LogP contribution is -2.35. The topological polar surface area (TPSA) is 25.2 Å². The van der Waals surface area contributed by atoms with E-state index in [1.165, 1.54) is 37.0 Å². The fraction of sp³-hybridized carbons (Fsp3) is 0.692. The largest absolute Gasteiger partial charge is 0.467 e. The van der Waals surface area contributed by atoms with Gasteiger partial charge in [0.1, 0.15) is 5.76 Å². The van der Waals surface area contributed by atoms with E-state index in [4.69, 9.17) is 4.42 Å². The lowest BCUT2D eigenvalue weighted by molar-refractivity contribution is 0.260. The molecule has 2 heterocycles. The van der Waals surface area contributed by atoms with E-state index in [9.17, 15) is 0 Å². The van der Waals surface area contributed by atoms with Crippen molar-refractivity contribution in [1.29, 1.82) is 0 Å². The van der Waals surface area contributed by atoms with Crippen LogP contribution in [0.3, 0.4) is 0 Å². The van der Waals surface area contributed by atoms with Crippen molar-refractivity contribution in [3.05, 3.63) is 23.7 Å². The summed E-state index contributed by atoms with van der Waals surface area (Å²) in [6.07, 6.45) is 8.35. The molecule has 1 fully saturated rings. The predicted octanol–water partition coefficient (Wildman–Crippen LogP) is 3.05. The Hall–Kier alpha value is -0.760. The average molecular weight is 205 g/mol. The fourth-order valence-electron chi connectivity index (χ4n) is 3.09. The summed E-state index contributed by atoms with van der Waals surface area (Å²) in [6.45, 7) is 3.40. The van der Waals surface area contributed by atoms with Gasteiger partial charge in [-0.2, -0.15) is 0 Å². The summed E-state index contributed by atoms with van der Waals surface area (Å²) >= 11 is 0. The molecule has 0 spiro atoms. The molecule has 2 heteroatoms. The van der Waals surface area contributed by atoms with Gasteiger partial charge in [-0.15, -0.1) is 0 Å². The quantitative estimate of drug-likeness (QED) is 0.820. The Morgan fingerprint density at radius 3 is 3.13 bits per heavy atom. The normalized spacial score (nSPS) is 27.4. The first-order chi connectivity index (χ1) is 7.36. The van der Waals surface area contributed by atoms with Gasteiger partial charge in [-0.05, 0) is 42.7 Å². The lowest BCUT2D eigenvalue weighted by Gasteiger charge is -2.30. The molecular weight excluding hydrogens is 186 g/mol. The zero-order chi connectivity index (χ0) is 10.3.